The van der Waals surface area contributed by atoms with Crippen LogP contribution in [0.15, 0.2) is 39.3 Å². The molecule has 0 radical (unpaired) electrons. The average Bonchev–Trinajstić information content (AvgIpc) is 2.37. The molecule has 6 heteroatoms. The van der Waals surface area contributed by atoms with Crippen LogP contribution in [-0.4, -0.2) is 5.11 Å². The minimum Gasteiger partial charge on any atom is -0.455 e. The first-order chi connectivity index (χ1) is 9.01. The summed E-state index contributed by atoms with van der Waals surface area (Å²) in [7, 11) is 0. The van der Waals surface area contributed by atoms with E-state index < -0.39 is 0 Å². The predicted octanol–water partition coefficient (Wildman–Crippen LogP) is 5.80. The van der Waals surface area contributed by atoms with Crippen LogP contribution in [0.4, 0.5) is 0 Å². The van der Waals surface area contributed by atoms with Gasteiger partial charge < -0.3 is 9.84 Å². The first-order valence-electron chi connectivity index (χ1n) is 5.23. The summed E-state index contributed by atoms with van der Waals surface area (Å²) >= 11 is 18.7. The zero-order chi connectivity index (χ0) is 14.0. The van der Waals surface area contributed by atoms with Crippen LogP contribution in [0, 0.1) is 0 Å². The van der Waals surface area contributed by atoms with Crippen molar-refractivity contribution >= 4 is 55.1 Å². The molecule has 0 aromatic heterocycles. The molecule has 100 valence electrons. The lowest BCUT2D eigenvalue weighted by molar-refractivity contribution is 0.276. The zero-order valence-electron chi connectivity index (χ0n) is 9.46. The van der Waals surface area contributed by atoms with Gasteiger partial charge in [0, 0.05) is 20.6 Å². The Labute approximate surface area is 137 Å². The fourth-order valence-electron chi connectivity index (χ4n) is 1.47. The molecule has 0 saturated carbocycles. The van der Waals surface area contributed by atoms with Gasteiger partial charge in [-0.05, 0) is 40.2 Å². The SMILES string of the molecule is OCc1cc(Br)ccc1Oc1cc(Cl)c(Br)cc1Cl. The number of rotatable bonds is 3. The van der Waals surface area contributed by atoms with Crippen molar-refractivity contribution in [3.8, 4) is 11.5 Å². The highest BCUT2D eigenvalue weighted by Gasteiger charge is 2.10. The Bertz CT molecular complexity index is 618. The normalized spacial score (nSPS) is 10.6. The van der Waals surface area contributed by atoms with Gasteiger partial charge in [0.2, 0.25) is 0 Å². The van der Waals surface area contributed by atoms with E-state index in [1.165, 1.54) is 0 Å². The Balaban J connectivity index is 2.39. The van der Waals surface area contributed by atoms with Crippen LogP contribution >= 0.6 is 55.1 Å². The summed E-state index contributed by atoms with van der Waals surface area (Å²) < 4.78 is 7.27. The van der Waals surface area contributed by atoms with Crippen molar-refractivity contribution in [1.29, 1.82) is 0 Å². The molecule has 0 aliphatic rings. The molecule has 2 aromatic rings. The van der Waals surface area contributed by atoms with Gasteiger partial charge in [0.05, 0.1) is 16.7 Å². The van der Waals surface area contributed by atoms with Crippen LogP contribution in [0.2, 0.25) is 10.0 Å². The largest absolute Gasteiger partial charge is 0.455 e. The zero-order valence-corrected chi connectivity index (χ0v) is 14.1. The number of benzene rings is 2. The van der Waals surface area contributed by atoms with Gasteiger partial charge in [0.25, 0.3) is 0 Å². The summed E-state index contributed by atoms with van der Waals surface area (Å²) in [5.41, 5.74) is 0.657. The molecule has 2 aromatic carbocycles. The van der Waals surface area contributed by atoms with Gasteiger partial charge >= 0.3 is 0 Å². The highest BCUT2D eigenvalue weighted by molar-refractivity contribution is 9.10. The van der Waals surface area contributed by atoms with Gasteiger partial charge in [-0.1, -0.05) is 39.1 Å². The molecule has 0 aliphatic heterocycles. The minimum atomic E-state index is -0.128. The van der Waals surface area contributed by atoms with Crippen molar-refractivity contribution in [3.05, 3.63) is 54.9 Å². The molecule has 2 nitrogen and oxygen atoms in total. The first-order valence-corrected chi connectivity index (χ1v) is 7.57. The summed E-state index contributed by atoms with van der Waals surface area (Å²) in [4.78, 5) is 0. The summed E-state index contributed by atoms with van der Waals surface area (Å²) in [5.74, 6) is 0.970. The third-order valence-corrected chi connectivity index (χ3v) is 4.37. The first kappa shape index (κ1) is 15.1. The Hall–Kier alpha value is -0.260. The second-order valence-electron chi connectivity index (χ2n) is 3.71. The smallest absolute Gasteiger partial charge is 0.147 e. The van der Waals surface area contributed by atoms with Gasteiger partial charge in [-0.2, -0.15) is 0 Å². The molecular formula is C13H8Br2Cl2O2. The van der Waals surface area contributed by atoms with E-state index in [-0.39, 0.29) is 6.61 Å². The standard InChI is InChI=1S/C13H8Br2Cl2O2/c14-8-1-2-12(7(3-8)6-18)19-13-5-10(16)9(15)4-11(13)17/h1-5,18H,6H2. The molecule has 0 bridgehead atoms. The molecule has 2 rings (SSSR count). The molecule has 0 fully saturated rings. The van der Waals surface area contributed by atoms with E-state index in [4.69, 9.17) is 27.9 Å². The van der Waals surface area contributed by atoms with Gasteiger partial charge in [0.15, 0.2) is 0 Å². The Morgan fingerprint density at radius 1 is 1.00 bits per heavy atom. The van der Waals surface area contributed by atoms with E-state index in [9.17, 15) is 5.11 Å². The molecule has 0 heterocycles. The lowest BCUT2D eigenvalue weighted by atomic mass is 10.2. The third kappa shape index (κ3) is 3.64. The second-order valence-corrected chi connectivity index (χ2v) is 6.29. The van der Waals surface area contributed by atoms with E-state index in [0.29, 0.717) is 31.6 Å². The summed E-state index contributed by atoms with van der Waals surface area (Å²) in [6.45, 7) is -0.128. The highest BCUT2D eigenvalue weighted by atomic mass is 79.9. The van der Waals surface area contributed by atoms with Crippen LogP contribution in [0.3, 0.4) is 0 Å². The molecule has 1 N–H and O–H groups in total. The predicted molar refractivity (Wildman–Crippen MR) is 84.3 cm³/mol. The van der Waals surface area contributed by atoms with Crippen LogP contribution in [0.1, 0.15) is 5.56 Å². The number of ether oxygens (including phenoxy) is 1. The monoisotopic (exact) mass is 424 g/mol. The highest BCUT2D eigenvalue weighted by Crippen LogP contribution is 2.37. The topological polar surface area (TPSA) is 29.5 Å². The summed E-state index contributed by atoms with van der Waals surface area (Å²) in [6, 6.07) is 8.64. The van der Waals surface area contributed by atoms with Gasteiger partial charge in [-0.25, -0.2) is 0 Å². The molecule has 0 unspecified atom stereocenters. The minimum absolute atomic E-state index is 0.128. The molecule has 0 aliphatic carbocycles. The molecule has 0 amide bonds. The maximum atomic E-state index is 9.32. The number of hydrogen-bond donors (Lipinski definition) is 1. The van der Waals surface area contributed by atoms with Gasteiger partial charge in [0.1, 0.15) is 11.5 Å². The number of aliphatic hydroxyl groups is 1. The van der Waals surface area contributed by atoms with Crippen molar-refractivity contribution in [1.82, 2.24) is 0 Å². The molecule has 0 saturated heterocycles. The maximum absolute atomic E-state index is 9.32. The van der Waals surface area contributed by atoms with E-state index in [1.54, 1.807) is 24.3 Å². The van der Waals surface area contributed by atoms with Crippen molar-refractivity contribution in [2.75, 3.05) is 0 Å². The molecule has 0 spiro atoms. The van der Waals surface area contributed by atoms with Gasteiger partial charge in [-0.15, -0.1) is 0 Å². The van der Waals surface area contributed by atoms with Crippen LogP contribution in [-0.2, 0) is 6.61 Å². The van der Waals surface area contributed by atoms with Crippen molar-refractivity contribution in [2.45, 2.75) is 6.61 Å². The van der Waals surface area contributed by atoms with Crippen LogP contribution in [0.25, 0.3) is 0 Å². The average molecular weight is 427 g/mol. The summed E-state index contributed by atoms with van der Waals surface area (Å²) in [5, 5.41) is 10.3. The van der Waals surface area contributed by atoms with E-state index >= 15 is 0 Å². The van der Waals surface area contributed by atoms with Crippen LogP contribution in [0.5, 0.6) is 11.5 Å². The third-order valence-electron chi connectivity index (χ3n) is 2.39. The van der Waals surface area contributed by atoms with Crippen LogP contribution < -0.4 is 4.74 Å². The Morgan fingerprint density at radius 2 is 1.74 bits per heavy atom. The van der Waals surface area contributed by atoms with Gasteiger partial charge in [-0.3, -0.25) is 0 Å². The Kier molecular flexibility index (Phi) is 5.15. The lowest BCUT2D eigenvalue weighted by Crippen LogP contribution is -1.92. The maximum Gasteiger partial charge on any atom is 0.147 e. The van der Waals surface area contributed by atoms with Crippen molar-refractivity contribution < 1.29 is 9.84 Å². The van der Waals surface area contributed by atoms with E-state index in [2.05, 4.69) is 31.9 Å². The fourth-order valence-corrected chi connectivity index (χ4v) is 2.71. The quantitative estimate of drug-likeness (QED) is 0.628. The van der Waals surface area contributed by atoms with Crippen molar-refractivity contribution in [2.24, 2.45) is 0 Å². The Morgan fingerprint density at radius 3 is 2.42 bits per heavy atom. The number of hydrogen-bond acceptors (Lipinski definition) is 2. The number of aliphatic hydroxyl groups excluding tert-OH is 1. The van der Waals surface area contributed by atoms with E-state index in [1.807, 2.05) is 6.07 Å². The summed E-state index contributed by atoms with van der Waals surface area (Å²) in [6.07, 6.45) is 0. The molecule has 19 heavy (non-hydrogen) atoms. The molecule has 0 atom stereocenters. The second kappa shape index (κ2) is 6.46. The molecular weight excluding hydrogens is 419 g/mol. The van der Waals surface area contributed by atoms with E-state index in [0.717, 1.165) is 4.47 Å². The fraction of sp³-hybridized carbons (Fsp3) is 0.0769. The number of halogens is 4. The lowest BCUT2D eigenvalue weighted by Gasteiger charge is -2.12. The van der Waals surface area contributed by atoms with Crippen molar-refractivity contribution in [3.63, 3.8) is 0 Å².